The SMILES string of the molecule is Cc1ccc(C2CN(C)Cc3cc(Br)ccc32)cc1. The van der Waals surface area contributed by atoms with Gasteiger partial charge in [0.25, 0.3) is 0 Å². The summed E-state index contributed by atoms with van der Waals surface area (Å²) in [6, 6.07) is 15.6. The molecule has 0 aliphatic carbocycles. The van der Waals surface area contributed by atoms with Gasteiger partial charge in [-0.05, 0) is 42.8 Å². The third-order valence-electron chi connectivity index (χ3n) is 3.89. The van der Waals surface area contributed by atoms with Crippen LogP contribution in [0.2, 0.25) is 0 Å². The molecule has 2 heteroatoms. The van der Waals surface area contributed by atoms with Gasteiger partial charge in [-0.3, -0.25) is 0 Å². The molecule has 0 bridgehead atoms. The lowest BCUT2D eigenvalue weighted by atomic mass is 9.84. The molecule has 0 N–H and O–H groups in total. The van der Waals surface area contributed by atoms with Crippen LogP contribution >= 0.6 is 15.9 Å². The molecule has 1 aliphatic rings. The van der Waals surface area contributed by atoms with Crippen LogP contribution in [0.15, 0.2) is 46.9 Å². The first-order chi connectivity index (χ1) is 9.13. The quantitative estimate of drug-likeness (QED) is 0.757. The molecule has 1 atom stereocenters. The van der Waals surface area contributed by atoms with Crippen LogP contribution < -0.4 is 0 Å². The fourth-order valence-corrected chi connectivity index (χ4v) is 3.31. The van der Waals surface area contributed by atoms with Gasteiger partial charge < -0.3 is 4.90 Å². The maximum absolute atomic E-state index is 3.58. The zero-order valence-corrected chi connectivity index (χ0v) is 12.9. The minimum absolute atomic E-state index is 0.488. The molecule has 1 unspecified atom stereocenters. The molecular weight excluding hydrogens is 298 g/mol. The van der Waals surface area contributed by atoms with E-state index in [0.717, 1.165) is 13.1 Å². The van der Waals surface area contributed by atoms with E-state index in [1.54, 1.807) is 0 Å². The summed E-state index contributed by atoms with van der Waals surface area (Å²) in [7, 11) is 2.20. The molecular formula is C17H18BrN. The molecule has 0 saturated heterocycles. The third-order valence-corrected chi connectivity index (χ3v) is 4.39. The van der Waals surface area contributed by atoms with Gasteiger partial charge in [-0.25, -0.2) is 0 Å². The largest absolute Gasteiger partial charge is 0.301 e. The summed E-state index contributed by atoms with van der Waals surface area (Å²) < 4.78 is 1.17. The Morgan fingerprint density at radius 1 is 1.11 bits per heavy atom. The maximum atomic E-state index is 3.58. The summed E-state index contributed by atoms with van der Waals surface area (Å²) in [4.78, 5) is 2.40. The molecule has 3 rings (SSSR count). The first-order valence-electron chi connectivity index (χ1n) is 6.67. The third kappa shape index (κ3) is 2.60. The number of aryl methyl sites for hydroxylation is 1. The Morgan fingerprint density at radius 2 is 1.84 bits per heavy atom. The second-order valence-corrected chi connectivity index (χ2v) is 6.42. The molecule has 98 valence electrons. The molecule has 1 heterocycles. The van der Waals surface area contributed by atoms with Gasteiger partial charge in [0.05, 0.1) is 0 Å². The first kappa shape index (κ1) is 12.9. The second-order valence-electron chi connectivity index (χ2n) is 5.50. The highest BCUT2D eigenvalue weighted by Gasteiger charge is 2.24. The van der Waals surface area contributed by atoms with E-state index in [4.69, 9.17) is 0 Å². The predicted molar refractivity (Wildman–Crippen MR) is 83.5 cm³/mol. The van der Waals surface area contributed by atoms with E-state index in [0.29, 0.717) is 5.92 Å². The molecule has 0 saturated carbocycles. The molecule has 19 heavy (non-hydrogen) atoms. The second kappa shape index (κ2) is 5.10. The number of likely N-dealkylation sites (N-methyl/N-ethyl adjacent to an activating group) is 1. The summed E-state index contributed by atoms with van der Waals surface area (Å²) in [5.74, 6) is 0.488. The fourth-order valence-electron chi connectivity index (χ4n) is 2.90. The minimum Gasteiger partial charge on any atom is -0.301 e. The highest BCUT2D eigenvalue weighted by atomic mass is 79.9. The Hall–Kier alpha value is -1.12. The van der Waals surface area contributed by atoms with Crippen molar-refractivity contribution in [1.82, 2.24) is 4.90 Å². The molecule has 0 spiro atoms. The highest BCUT2D eigenvalue weighted by molar-refractivity contribution is 9.10. The Kier molecular flexibility index (Phi) is 3.46. The number of nitrogens with zero attached hydrogens (tertiary/aromatic N) is 1. The van der Waals surface area contributed by atoms with Crippen molar-refractivity contribution in [3.63, 3.8) is 0 Å². The van der Waals surface area contributed by atoms with Gasteiger partial charge in [-0.2, -0.15) is 0 Å². The molecule has 2 aromatic carbocycles. The molecule has 0 amide bonds. The van der Waals surface area contributed by atoms with E-state index in [2.05, 4.69) is 77.3 Å². The molecule has 1 aliphatic heterocycles. The zero-order chi connectivity index (χ0) is 13.4. The average molecular weight is 316 g/mol. The Bertz CT molecular complexity index is 589. The van der Waals surface area contributed by atoms with Crippen LogP contribution in [0.25, 0.3) is 0 Å². The summed E-state index contributed by atoms with van der Waals surface area (Å²) in [6.45, 7) is 4.27. The van der Waals surface area contributed by atoms with Gasteiger partial charge in [-0.15, -0.1) is 0 Å². The minimum atomic E-state index is 0.488. The Labute approximate surface area is 123 Å². The fraction of sp³-hybridized carbons (Fsp3) is 0.294. The van der Waals surface area contributed by atoms with Crippen LogP contribution in [0.5, 0.6) is 0 Å². The number of fused-ring (bicyclic) bond motifs is 1. The smallest absolute Gasteiger partial charge is 0.0234 e. The maximum Gasteiger partial charge on any atom is 0.0234 e. The van der Waals surface area contributed by atoms with Crippen molar-refractivity contribution in [2.45, 2.75) is 19.4 Å². The highest BCUT2D eigenvalue weighted by Crippen LogP contribution is 2.34. The van der Waals surface area contributed by atoms with Crippen LogP contribution in [-0.2, 0) is 6.54 Å². The van der Waals surface area contributed by atoms with E-state index in [1.165, 1.54) is 26.7 Å². The van der Waals surface area contributed by atoms with E-state index in [1.807, 2.05) is 0 Å². The monoisotopic (exact) mass is 315 g/mol. The van der Waals surface area contributed by atoms with Crippen molar-refractivity contribution in [2.75, 3.05) is 13.6 Å². The van der Waals surface area contributed by atoms with Gasteiger partial charge in [-0.1, -0.05) is 51.8 Å². The summed E-state index contributed by atoms with van der Waals surface area (Å²) in [6.07, 6.45) is 0. The summed E-state index contributed by atoms with van der Waals surface area (Å²) in [5, 5.41) is 0. The molecule has 2 aromatic rings. The first-order valence-corrected chi connectivity index (χ1v) is 7.46. The average Bonchev–Trinajstić information content (AvgIpc) is 2.38. The lowest BCUT2D eigenvalue weighted by Crippen LogP contribution is -2.30. The predicted octanol–water partition coefficient (Wildman–Crippen LogP) is 4.33. The van der Waals surface area contributed by atoms with Crippen molar-refractivity contribution < 1.29 is 0 Å². The molecule has 0 radical (unpaired) electrons. The van der Waals surface area contributed by atoms with Gasteiger partial charge in [0.15, 0.2) is 0 Å². The van der Waals surface area contributed by atoms with Crippen molar-refractivity contribution in [3.05, 3.63) is 69.2 Å². The Morgan fingerprint density at radius 3 is 2.58 bits per heavy atom. The number of rotatable bonds is 1. The summed E-state index contributed by atoms with van der Waals surface area (Å²) in [5.41, 5.74) is 5.66. The van der Waals surface area contributed by atoms with E-state index in [9.17, 15) is 0 Å². The standard InChI is InChI=1S/C17H18BrN/c1-12-3-5-13(6-4-12)17-11-19(2)10-14-9-15(18)7-8-16(14)17/h3-9,17H,10-11H2,1-2H3. The number of hydrogen-bond donors (Lipinski definition) is 0. The van der Waals surface area contributed by atoms with Crippen molar-refractivity contribution in [1.29, 1.82) is 0 Å². The van der Waals surface area contributed by atoms with Gasteiger partial charge in [0.2, 0.25) is 0 Å². The normalized spacial score (nSPS) is 19.2. The van der Waals surface area contributed by atoms with E-state index in [-0.39, 0.29) is 0 Å². The topological polar surface area (TPSA) is 3.24 Å². The lowest BCUT2D eigenvalue weighted by Gasteiger charge is -2.32. The van der Waals surface area contributed by atoms with Gasteiger partial charge in [0.1, 0.15) is 0 Å². The van der Waals surface area contributed by atoms with Crippen LogP contribution in [0, 0.1) is 6.92 Å². The number of halogens is 1. The van der Waals surface area contributed by atoms with Crippen molar-refractivity contribution in [3.8, 4) is 0 Å². The molecule has 0 fully saturated rings. The zero-order valence-electron chi connectivity index (χ0n) is 11.4. The van der Waals surface area contributed by atoms with E-state index < -0.39 is 0 Å². The van der Waals surface area contributed by atoms with Gasteiger partial charge >= 0.3 is 0 Å². The van der Waals surface area contributed by atoms with Gasteiger partial charge in [0, 0.05) is 23.5 Å². The van der Waals surface area contributed by atoms with Crippen LogP contribution in [0.1, 0.15) is 28.2 Å². The van der Waals surface area contributed by atoms with Crippen molar-refractivity contribution >= 4 is 15.9 Å². The van der Waals surface area contributed by atoms with Crippen LogP contribution in [0.3, 0.4) is 0 Å². The van der Waals surface area contributed by atoms with Crippen LogP contribution in [0.4, 0.5) is 0 Å². The lowest BCUT2D eigenvalue weighted by molar-refractivity contribution is 0.295. The molecule has 1 nitrogen and oxygen atoms in total. The summed E-state index contributed by atoms with van der Waals surface area (Å²) >= 11 is 3.58. The van der Waals surface area contributed by atoms with Crippen LogP contribution in [-0.4, -0.2) is 18.5 Å². The van der Waals surface area contributed by atoms with Crippen molar-refractivity contribution in [2.24, 2.45) is 0 Å². The Balaban J connectivity index is 2.05. The van der Waals surface area contributed by atoms with E-state index >= 15 is 0 Å². The number of benzene rings is 2. The molecule has 0 aromatic heterocycles. The number of hydrogen-bond acceptors (Lipinski definition) is 1.